The van der Waals surface area contributed by atoms with Crippen LogP contribution in [0.2, 0.25) is 10.0 Å². The van der Waals surface area contributed by atoms with E-state index < -0.39 is 58.5 Å². The summed E-state index contributed by atoms with van der Waals surface area (Å²) >= 11 is 12.2. The molecule has 1 saturated carbocycles. The maximum atomic E-state index is 13.9. The van der Waals surface area contributed by atoms with Gasteiger partial charge in [0.05, 0.1) is 11.6 Å². The van der Waals surface area contributed by atoms with Crippen molar-refractivity contribution in [1.29, 1.82) is 0 Å². The van der Waals surface area contributed by atoms with E-state index in [1.54, 1.807) is 13.8 Å². The number of sulfonamides is 1. The van der Waals surface area contributed by atoms with Gasteiger partial charge >= 0.3 is 6.09 Å². The van der Waals surface area contributed by atoms with Crippen LogP contribution in [0.3, 0.4) is 0 Å². The molecule has 14 heteroatoms. The quantitative estimate of drug-likeness (QED) is 0.482. The number of hydrogen-bond acceptors (Lipinski definition) is 5. The van der Waals surface area contributed by atoms with Crippen LogP contribution in [0.1, 0.15) is 45.1 Å². The fourth-order valence-electron chi connectivity index (χ4n) is 5.03. The Morgan fingerprint density at radius 1 is 1.02 bits per heavy atom. The van der Waals surface area contributed by atoms with Gasteiger partial charge in [0.25, 0.3) is 0 Å². The van der Waals surface area contributed by atoms with E-state index in [4.69, 9.17) is 23.2 Å². The van der Waals surface area contributed by atoms with Gasteiger partial charge in [0, 0.05) is 24.0 Å². The second kappa shape index (κ2) is 13.2. The van der Waals surface area contributed by atoms with Gasteiger partial charge in [0.2, 0.25) is 21.8 Å². The van der Waals surface area contributed by atoms with Gasteiger partial charge in [-0.25, -0.2) is 17.6 Å². The molecule has 42 heavy (non-hydrogen) atoms. The minimum Gasteiger partial charge on any atom is -0.465 e. The Labute approximate surface area is 254 Å². The van der Waals surface area contributed by atoms with Crippen molar-refractivity contribution in [3.05, 3.63) is 63.9 Å². The van der Waals surface area contributed by atoms with Crippen LogP contribution in [-0.2, 0) is 26.0 Å². The summed E-state index contributed by atoms with van der Waals surface area (Å²) in [6.07, 6.45) is 3.27. The smallest absolute Gasteiger partial charge is 0.405 e. The summed E-state index contributed by atoms with van der Waals surface area (Å²) in [6, 6.07) is 6.20. The van der Waals surface area contributed by atoms with Crippen LogP contribution in [0.5, 0.6) is 0 Å². The monoisotopic (exact) mass is 642 g/mol. The molecule has 3 amide bonds. The topological polar surface area (TPSA) is 127 Å². The van der Waals surface area contributed by atoms with Crippen molar-refractivity contribution in [3.8, 4) is 0 Å². The minimum atomic E-state index is -4.41. The average molecular weight is 644 g/mol. The first-order valence-corrected chi connectivity index (χ1v) is 15.8. The highest BCUT2D eigenvalue weighted by Gasteiger charge is 2.54. The number of halogens is 3. The van der Waals surface area contributed by atoms with E-state index in [9.17, 15) is 32.3 Å². The Balaban J connectivity index is 0.000000932. The number of carbonyl (C=O) groups is 3. The molecule has 0 radical (unpaired) electrons. The zero-order valence-corrected chi connectivity index (χ0v) is 25.5. The number of rotatable bonds is 6. The third kappa shape index (κ3) is 6.82. The Hall–Kier alpha value is -2.93. The van der Waals surface area contributed by atoms with Gasteiger partial charge in [-0.2, -0.15) is 4.31 Å². The number of benzene rings is 2. The molecule has 2 N–H and O–H groups in total. The molecule has 3 unspecified atom stereocenters. The summed E-state index contributed by atoms with van der Waals surface area (Å²) in [5, 5.41) is 11.5. The zero-order chi connectivity index (χ0) is 30.8. The van der Waals surface area contributed by atoms with Crippen molar-refractivity contribution in [1.82, 2.24) is 19.4 Å². The molecule has 2 heterocycles. The van der Waals surface area contributed by atoms with Crippen molar-refractivity contribution >= 4 is 51.1 Å². The molecule has 2 aliphatic heterocycles. The number of nitrogens with zero attached hydrogens (tertiary/aromatic N) is 3. The number of amides is 3. The predicted octanol–water partition coefficient (Wildman–Crippen LogP) is 4.35. The van der Waals surface area contributed by atoms with Crippen LogP contribution in [-0.4, -0.2) is 82.9 Å². The average Bonchev–Trinajstić information content (AvgIpc) is 2.86. The first-order chi connectivity index (χ1) is 19.8. The highest BCUT2D eigenvalue weighted by atomic mass is 35.5. The van der Waals surface area contributed by atoms with Gasteiger partial charge in [-0.05, 0) is 49.7 Å². The van der Waals surface area contributed by atoms with Crippen molar-refractivity contribution < 1.29 is 32.3 Å². The van der Waals surface area contributed by atoms with Crippen molar-refractivity contribution in [2.45, 2.75) is 75.1 Å². The van der Waals surface area contributed by atoms with Crippen LogP contribution >= 0.6 is 23.2 Å². The van der Waals surface area contributed by atoms with Gasteiger partial charge in [-0.1, -0.05) is 61.0 Å². The van der Waals surface area contributed by atoms with Crippen molar-refractivity contribution in [3.63, 3.8) is 0 Å². The predicted molar refractivity (Wildman–Crippen MR) is 155 cm³/mol. The standard InChI is InChI=1S/C24H25Cl2FN4O6S.C4H8/c1-13(2)29-12-21-30(38(36,37)20-8-5-15(25)10-17(20)26)11-18(28-24(34)35)22(32)31(21)19(23(29)33)9-14-3-6-16(27)7-4-14;1-2-4-3-1/h3-8,10,13,18-19,21,28H,9,11-12H2,1-2H3,(H,34,35);1-4H2. The van der Waals surface area contributed by atoms with Crippen LogP contribution in [0.4, 0.5) is 9.18 Å². The summed E-state index contributed by atoms with van der Waals surface area (Å²) in [6.45, 7) is 2.86. The highest BCUT2D eigenvalue weighted by molar-refractivity contribution is 7.89. The molecule has 1 aliphatic carbocycles. The summed E-state index contributed by atoms with van der Waals surface area (Å²) in [5.41, 5.74) is 0.533. The molecule has 3 fully saturated rings. The Morgan fingerprint density at radius 2 is 1.64 bits per heavy atom. The number of carbonyl (C=O) groups excluding carboxylic acids is 2. The Kier molecular flexibility index (Phi) is 10.0. The van der Waals surface area contributed by atoms with Gasteiger partial charge in [-0.3, -0.25) is 9.59 Å². The van der Waals surface area contributed by atoms with E-state index in [0.29, 0.717) is 5.56 Å². The number of piperazine rings is 1. The lowest BCUT2D eigenvalue weighted by atomic mass is 9.96. The lowest BCUT2D eigenvalue weighted by Gasteiger charge is -2.54. The molecule has 3 atom stereocenters. The van der Waals surface area contributed by atoms with E-state index in [1.807, 2.05) is 0 Å². The molecular formula is C28H33Cl2FN4O6S. The Bertz CT molecular complexity index is 1430. The summed E-state index contributed by atoms with van der Waals surface area (Å²) in [5.74, 6) is -1.66. The second-order valence-electron chi connectivity index (χ2n) is 10.7. The van der Waals surface area contributed by atoms with Gasteiger partial charge in [0.15, 0.2) is 0 Å². The first-order valence-electron chi connectivity index (χ1n) is 13.6. The van der Waals surface area contributed by atoms with Gasteiger partial charge in [0.1, 0.15) is 29.0 Å². The highest BCUT2D eigenvalue weighted by Crippen LogP contribution is 2.35. The number of nitrogens with one attached hydrogen (secondary N) is 1. The van der Waals surface area contributed by atoms with Crippen LogP contribution in [0.25, 0.3) is 0 Å². The molecule has 0 bridgehead atoms. The van der Waals surface area contributed by atoms with E-state index in [0.717, 1.165) is 9.21 Å². The van der Waals surface area contributed by atoms with E-state index in [2.05, 4.69) is 5.32 Å². The molecule has 0 spiro atoms. The lowest BCUT2D eigenvalue weighted by molar-refractivity contribution is -0.168. The maximum Gasteiger partial charge on any atom is 0.405 e. The number of carboxylic acid groups (broad SMARTS) is 1. The maximum absolute atomic E-state index is 13.9. The summed E-state index contributed by atoms with van der Waals surface area (Å²) in [7, 11) is -4.41. The van der Waals surface area contributed by atoms with E-state index >= 15 is 0 Å². The molecule has 2 aromatic rings. The fourth-order valence-corrected chi connectivity index (χ4v) is 7.37. The first kappa shape index (κ1) is 32.0. The van der Waals surface area contributed by atoms with E-state index in [1.165, 1.54) is 73.0 Å². The van der Waals surface area contributed by atoms with Crippen molar-refractivity contribution in [2.75, 3.05) is 13.1 Å². The fraction of sp³-hybridized carbons (Fsp3) is 0.464. The van der Waals surface area contributed by atoms with E-state index in [-0.39, 0.29) is 33.9 Å². The van der Waals surface area contributed by atoms with Crippen LogP contribution < -0.4 is 5.32 Å². The number of hydrogen-bond donors (Lipinski definition) is 2. The minimum absolute atomic E-state index is 0.0417. The Morgan fingerprint density at radius 3 is 2.17 bits per heavy atom. The van der Waals surface area contributed by atoms with Gasteiger partial charge < -0.3 is 20.2 Å². The molecule has 3 aliphatic rings. The summed E-state index contributed by atoms with van der Waals surface area (Å²) < 4.78 is 42.3. The van der Waals surface area contributed by atoms with Crippen molar-refractivity contribution in [2.24, 2.45) is 0 Å². The molecule has 10 nitrogen and oxygen atoms in total. The molecule has 228 valence electrons. The second-order valence-corrected chi connectivity index (χ2v) is 13.4. The van der Waals surface area contributed by atoms with Crippen LogP contribution in [0.15, 0.2) is 47.4 Å². The molecule has 2 saturated heterocycles. The normalized spacial score (nSPS) is 22.7. The van der Waals surface area contributed by atoms with Gasteiger partial charge in [-0.15, -0.1) is 0 Å². The lowest BCUT2D eigenvalue weighted by Crippen LogP contribution is -2.76. The molecule has 0 aromatic heterocycles. The SMILES string of the molecule is C1CCC1.CC(C)N1CC2N(C(=O)C(NC(=O)O)CN2S(=O)(=O)c2ccc(Cl)cc2Cl)C(Cc2ccc(F)cc2)C1=O. The van der Waals surface area contributed by atoms with Crippen LogP contribution in [0, 0.1) is 5.82 Å². The number of fused-ring (bicyclic) bond motifs is 1. The largest absolute Gasteiger partial charge is 0.465 e. The zero-order valence-electron chi connectivity index (χ0n) is 23.2. The molecular weight excluding hydrogens is 610 g/mol. The molecule has 5 rings (SSSR count). The third-order valence-electron chi connectivity index (χ3n) is 7.58. The third-order valence-corrected chi connectivity index (χ3v) is 10.2. The summed E-state index contributed by atoms with van der Waals surface area (Å²) in [4.78, 5) is 41.0. The molecule has 2 aromatic carbocycles.